The third-order valence-electron chi connectivity index (χ3n) is 3.79. The van der Waals surface area contributed by atoms with Gasteiger partial charge in [0.05, 0.1) is 11.6 Å². The zero-order valence-corrected chi connectivity index (χ0v) is 10.8. The van der Waals surface area contributed by atoms with E-state index in [0.29, 0.717) is 11.7 Å². The zero-order valence-electron chi connectivity index (χ0n) is 9.20. The Hall–Kier alpha value is -1.20. The van der Waals surface area contributed by atoms with Crippen molar-refractivity contribution in [1.82, 2.24) is 15.1 Å². The Morgan fingerprint density at radius 2 is 2.41 bits per heavy atom. The topological polar surface area (TPSA) is 48.8 Å². The number of aryl methyl sites for hydroxylation is 1. The van der Waals surface area contributed by atoms with E-state index in [9.17, 15) is 4.79 Å². The molecule has 0 radical (unpaired) electrons. The second kappa shape index (κ2) is 2.97. The first kappa shape index (κ1) is 9.79. The number of benzene rings is 1. The van der Waals surface area contributed by atoms with E-state index >= 15 is 0 Å². The van der Waals surface area contributed by atoms with Crippen molar-refractivity contribution >= 4 is 33.1 Å². The summed E-state index contributed by atoms with van der Waals surface area (Å²) in [5, 5.41) is 8.07. The first-order chi connectivity index (χ1) is 8.22. The fourth-order valence-electron chi connectivity index (χ4n) is 2.72. The van der Waals surface area contributed by atoms with Crippen molar-refractivity contribution in [2.24, 2.45) is 0 Å². The van der Waals surface area contributed by atoms with Crippen LogP contribution < -0.4 is 0 Å². The van der Waals surface area contributed by atoms with Crippen molar-refractivity contribution in [3.8, 4) is 0 Å². The molecule has 0 bridgehead atoms. The summed E-state index contributed by atoms with van der Waals surface area (Å²) in [6.45, 7) is 3.22. The molecule has 17 heavy (non-hydrogen) atoms. The number of nitrogens with one attached hydrogen (secondary N) is 1. The second-order valence-corrected chi connectivity index (χ2v) is 5.63. The first-order valence-electron chi connectivity index (χ1n) is 5.60. The second-order valence-electron chi connectivity index (χ2n) is 4.77. The lowest BCUT2D eigenvalue weighted by Gasteiger charge is -2.10. The highest BCUT2D eigenvalue weighted by molar-refractivity contribution is 9.10. The lowest BCUT2D eigenvalue weighted by molar-refractivity contribution is 0.112. The van der Waals surface area contributed by atoms with Crippen LogP contribution in [0.25, 0.3) is 10.9 Å². The van der Waals surface area contributed by atoms with Crippen LogP contribution in [0.3, 0.4) is 0 Å². The Labute approximate surface area is 106 Å². The van der Waals surface area contributed by atoms with Crippen LogP contribution in [0.15, 0.2) is 10.5 Å². The van der Waals surface area contributed by atoms with E-state index in [-0.39, 0.29) is 0 Å². The molecule has 0 spiro atoms. The Morgan fingerprint density at radius 3 is 3.00 bits per heavy atom. The van der Waals surface area contributed by atoms with Crippen molar-refractivity contribution in [2.75, 3.05) is 6.54 Å². The molecule has 2 fully saturated rings. The Bertz CT molecular complexity index is 655. The largest absolute Gasteiger partial charge is 0.296 e. The standard InChI is InChI=1S/C12H10BrN3O/c1-5-2-6(13)10(12-8-3-16(8)12)11-9(5)7(4-17)14-15-11/h2,4,8,12H,3H2,1H3,(H,14,15). The summed E-state index contributed by atoms with van der Waals surface area (Å²) in [6, 6.07) is 3.33. The summed E-state index contributed by atoms with van der Waals surface area (Å²) in [4.78, 5) is 13.4. The molecular weight excluding hydrogens is 282 g/mol. The van der Waals surface area contributed by atoms with Gasteiger partial charge in [-0.05, 0) is 18.6 Å². The van der Waals surface area contributed by atoms with Crippen LogP contribution in [0, 0.1) is 6.92 Å². The van der Waals surface area contributed by atoms with E-state index in [1.165, 1.54) is 12.1 Å². The molecule has 3 heterocycles. The van der Waals surface area contributed by atoms with E-state index in [1.807, 2.05) is 6.92 Å². The smallest absolute Gasteiger partial charge is 0.170 e. The lowest BCUT2D eigenvalue weighted by atomic mass is 10.0. The van der Waals surface area contributed by atoms with Gasteiger partial charge in [-0.3, -0.25) is 14.8 Å². The molecule has 3 atom stereocenters. The highest BCUT2D eigenvalue weighted by Gasteiger charge is 2.63. The Kier molecular flexibility index (Phi) is 1.71. The SMILES string of the molecule is Cc1cc(Br)c(C2C3CN32)c2[nH]nc(C=O)c12. The average molecular weight is 292 g/mol. The van der Waals surface area contributed by atoms with Crippen LogP contribution in [0.4, 0.5) is 0 Å². The summed E-state index contributed by atoms with van der Waals surface area (Å²) < 4.78 is 1.11. The number of nitrogens with zero attached hydrogens (tertiary/aromatic N) is 2. The number of aldehydes is 1. The lowest BCUT2D eigenvalue weighted by Crippen LogP contribution is -2.00. The predicted octanol–water partition coefficient (Wildman–Crippen LogP) is 2.19. The Balaban J connectivity index is 2.04. The van der Waals surface area contributed by atoms with Gasteiger partial charge in [0, 0.05) is 28.0 Å². The molecule has 2 saturated heterocycles. The molecule has 4 nitrogen and oxygen atoms in total. The van der Waals surface area contributed by atoms with Crippen LogP contribution in [0.2, 0.25) is 0 Å². The number of carbonyl (C=O) groups excluding carboxylic acids is 1. The van der Waals surface area contributed by atoms with Crippen LogP contribution in [-0.4, -0.2) is 34.0 Å². The monoisotopic (exact) mass is 291 g/mol. The quantitative estimate of drug-likeness (QED) is 0.682. The molecular formula is C12H10BrN3O. The first-order valence-corrected chi connectivity index (χ1v) is 6.39. The molecule has 86 valence electrons. The normalized spacial score (nSPS) is 29.2. The van der Waals surface area contributed by atoms with E-state index in [4.69, 9.17) is 0 Å². The van der Waals surface area contributed by atoms with E-state index in [2.05, 4.69) is 37.1 Å². The molecule has 2 aliphatic heterocycles. The fraction of sp³-hybridized carbons (Fsp3) is 0.333. The molecule has 2 aliphatic rings. The molecule has 2 aromatic rings. The number of rotatable bonds is 2. The van der Waals surface area contributed by atoms with Gasteiger partial charge in [-0.2, -0.15) is 5.10 Å². The molecule has 3 unspecified atom stereocenters. The minimum atomic E-state index is 0.510. The molecule has 0 amide bonds. The van der Waals surface area contributed by atoms with Gasteiger partial charge in [-0.25, -0.2) is 0 Å². The van der Waals surface area contributed by atoms with Gasteiger partial charge in [0.2, 0.25) is 0 Å². The minimum Gasteiger partial charge on any atom is -0.296 e. The highest BCUT2D eigenvalue weighted by Crippen LogP contribution is 2.58. The van der Waals surface area contributed by atoms with Crippen molar-refractivity contribution in [3.63, 3.8) is 0 Å². The van der Waals surface area contributed by atoms with Crippen LogP contribution in [0.5, 0.6) is 0 Å². The molecule has 0 aliphatic carbocycles. The maximum atomic E-state index is 11.0. The molecule has 1 N–H and O–H groups in total. The van der Waals surface area contributed by atoms with Gasteiger partial charge < -0.3 is 0 Å². The van der Waals surface area contributed by atoms with Crippen LogP contribution in [-0.2, 0) is 0 Å². The number of halogens is 1. The number of H-pyrrole nitrogens is 1. The highest BCUT2D eigenvalue weighted by atomic mass is 79.9. The summed E-state index contributed by atoms with van der Waals surface area (Å²) >= 11 is 3.63. The van der Waals surface area contributed by atoms with Gasteiger partial charge in [-0.1, -0.05) is 15.9 Å². The van der Waals surface area contributed by atoms with Gasteiger partial charge in [0.1, 0.15) is 5.69 Å². The number of hydrogen-bond donors (Lipinski definition) is 1. The third-order valence-corrected chi connectivity index (χ3v) is 4.44. The number of carbonyl (C=O) groups is 1. The third kappa shape index (κ3) is 1.16. The zero-order chi connectivity index (χ0) is 11.7. The van der Waals surface area contributed by atoms with Gasteiger partial charge in [0.25, 0.3) is 0 Å². The Morgan fingerprint density at radius 1 is 1.65 bits per heavy atom. The maximum Gasteiger partial charge on any atom is 0.170 e. The minimum absolute atomic E-state index is 0.510. The van der Waals surface area contributed by atoms with Crippen molar-refractivity contribution in [3.05, 3.63) is 27.4 Å². The number of aromatic nitrogens is 2. The molecule has 0 saturated carbocycles. The summed E-state index contributed by atoms with van der Waals surface area (Å²) in [7, 11) is 0. The average Bonchev–Trinajstić information content (AvgIpc) is 3.14. The van der Waals surface area contributed by atoms with E-state index < -0.39 is 0 Å². The van der Waals surface area contributed by atoms with Crippen molar-refractivity contribution in [1.29, 1.82) is 0 Å². The summed E-state index contributed by atoms with van der Waals surface area (Å²) in [5.74, 6) is 0. The fourth-order valence-corrected chi connectivity index (χ4v) is 3.49. The van der Waals surface area contributed by atoms with Gasteiger partial charge >= 0.3 is 0 Å². The summed E-state index contributed by atoms with van der Waals surface area (Å²) in [5.41, 5.74) is 3.85. The van der Waals surface area contributed by atoms with Crippen LogP contribution in [0.1, 0.15) is 27.7 Å². The van der Waals surface area contributed by atoms with Crippen LogP contribution >= 0.6 is 15.9 Å². The van der Waals surface area contributed by atoms with Crippen molar-refractivity contribution < 1.29 is 4.79 Å². The molecule has 5 heteroatoms. The van der Waals surface area contributed by atoms with Crippen molar-refractivity contribution in [2.45, 2.75) is 19.0 Å². The van der Waals surface area contributed by atoms with E-state index in [0.717, 1.165) is 33.3 Å². The number of hydrogen-bond acceptors (Lipinski definition) is 3. The molecule has 1 aromatic carbocycles. The predicted molar refractivity (Wildman–Crippen MR) is 67.2 cm³/mol. The summed E-state index contributed by atoms with van der Waals surface area (Å²) in [6.07, 6.45) is 0.817. The van der Waals surface area contributed by atoms with Gasteiger partial charge in [0.15, 0.2) is 6.29 Å². The number of fused-ring (bicyclic) bond motifs is 2. The van der Waals surface area contributed by atoms with E-state index in [1.54, 1.807) is 0 Å². The maximum absolute atomic E-state index is 11.0. The van der Waals surface area contributed by atoms with Gasteiger partial charge in [-0.15, -0.1) is 0 Å². The molecule has 1 aromatic heterocycles. The number of aromatic amines is 1. The molecule has 4 rings (SSSR count).